The summed E-state index contributed by atoms with van der Waals surface area (Å²) in [5.41, 5.74) is 1.61. The van der Waals surface area contributed by atoms with Gasteiger partial charge in [0.1, 0.15) is 17.8 Å². The molecule has 134 valence electrons. The average molecular weight is 350 g/mol. The smallest absolute Gasteiger partial charge is 0.367 e. The van der Waals surface area contributed by atoms with Crippen molar-refractivity contribution in [2.45, 2.75) is 38.5 Å². The highest BCUT2D eigenvalue weighted by atomic mass is 19.4. The maximum atomic E-state index is 12.7. The Morgan fingerprint density at radius 2 is 1.80 bits per heavy atom. The Hall–Kier alpha value is -2.15. The van der Waals surface area contributed by atoms with Crippen LogP contribution >= 0.6 is 0 Å². The number of alkyl halides is 3. The fourth-order valence-corrected chi connectivity index (χ4v) is 2.99. The molecule has 1 aliphatic rings. The molecular weight excluding hydrogens is 329 g/mol. The number of hydrogen-bond donors (Lipinski definition) is 1. The van der Waals surface area contributed by atoms with Gasteiger partial charge in [0, 0.05) is 31.7 Å². The number of hydrogen-bond acceptors (Lipinski definition) is 4. The van der Waals surface area contributed by atoms with Crippen molar-refractivity contribution in [3.63, 3.8) is 0 Å². The number of benzene rings is 1. The lowest BCUT2D eigenvalue weighted by molar-refractivity contribution is -0.141. The van der Waals surface area contributed by atoms with Gasteiger partial charge in [0.25, 0.3) is 0 Å². The first-order valence-electron chi connectivity index (χ1n) is 8.34. The molecule has 1 N–H and O–H groups in total. The van der Waals surface area contributed by atoms with E-state index >= 15 is 0 Å². The molecule has 4 nitrogen and oxygen atoms in total. The summed E-state index contributed by atoms with van der Waals surface area (Å²) >= 11 is 0. The van der Waals surface area contributed by atoms with Crippen LogP contribution in [0.4, 0.5) is 19.0 Å². The number of nitrogens with zero attached hydrogens (tertiary/aromatic N) is 3. The zero-order valence-corrected chi connectivity index (χ0v) is 14.1. The maximum Gasteiger partial charge on any atom is 0.433 e. The Labute approximate surface area is 145 Å². The van der Waals surface area contributed by atoms with Crippen LogP contribution in [-0.2, 0) is 12.7 Å². The summed E-state index contributed by atoms with van der Waals surface area (Å²) in [6.07, 6.45) is -1.75. The van der Waals surface area contributed by atoms with Crippen LogP contribution in [0.15, 0.2) is 36.7 Å². The first-order valence-corrected chi connectivity index (χ1v) is 8.34. The number of anilines is 1. The van der Waals surface area contributed by atoms with Crippen LogP contribution in [-0.4, -0.2) is 34.0 Å². The lowest BCUT2D eigenvalue weighted by Gasteiger charge is -2.32. The number of piperidine rings is 1. The molecule has 0 spiro atoms. The zero-order valence-electron chi connectivity index (χ0n) is 14.1. The fraction of sp³-hybridized carbons (Fsp3) is 0.444. The van der Waals surface area contributed by atoms with Gasteiger partial charge < -0.3 is 5.32 Å². The molecular formula is C18H21F3N4. The molecule has 0 bridgehead atoms. The van der Waals surface area contributed by atoms with E-state index in [2.05, 4.69) is 51.4 Å². The first-order chi connectivity index (χ1) is 11.9. The minimum Gasteiger partial charge on any atom is -0.367 e. The predicted octanol–water partition coefficient (Wildman–Crippen LogP) is 3.88. The molecule has 7 heteroatoms. The highest BCUT2D eigenvalue weighted by Gasteiger charge is 2.33. The average Bonchev–Trinajstić information content (AvgIpc) is 2.58. The molecule has 0 saturated carbocycles. The van der Waals surface area contributed by atoms with Crippen molar-refractivity contribution in [2.24, 2.45) is 0 Å². The van der Waals surface area contributed by atoms with E-state index in [9.17, 15) is 13.2 Å². The molecule has 25 heavy (non-hydrogen) atoms. The number of aromatic nitrogens is 2. The zero-order chi connectivity index (χ0) is 17.9. The van der Waals surface area contributed by atoms with Crippen LogP contribution in [0.25, 0.3) is 0 Å². The second kappa shape index (κ2) is 7.39. The predicted molar refractivity (Wildman–Crippen MR) is 90.1 cm³/mol. The lowest BCUT2D eigenvalue weighted by atomic mass is 10.0. The molecule has 0 atom stereocenters. The largest absolute Gasteiger partial charge is 0.433 e. The van der Waals surface area contributed by atoms with Crippen LogP contribution in [0, 0.1) is 6.92 Å². The van der Waals surface area contributed by atoms with Gasteiger partial charge in [-0.3, -0.25) is 4.90 Å². The Kier molecular flexibility index (Phi) is 5.22. The standard InChI is InChI=1S/C18H21F3N4/c1-13-2-4-14(5-3-13)11-25-8-6-15(7-9-25)24-17-10-16(18(19,20)21)22-12-23-17/h2-5,10,12,15H,6-9,11H2,1H3,(H,22,23,24). The fourth-order valence-electron chi connectivity index (χ4n) is 2.99. The van der Waals surface area contributed by atoms with Crippen LogP contribution in [0.5, 0.6) is 0 Å². The van der Waals surface area contributed by atoms with E-state index in [1.54, 1.807) is 0 Å². The van der Waals surface area contributed by atoms with E-state index in [1.807, 2.05) is 0 Å². The summed E-state index contributed by atoms with van der Waals surface area (Å²) in [6, 6.07) is 9.59. The molecule has 1 aromatic carbocycles. The summed E-state index contributed by atoms with van der Waals surface area (Å²) in [5, 5.41) is 3.11. The molecule has 0 amide bonds. The number of likely N-dealkylation sites (tertiary alicyclic amines) is 1. The van der Waals surface area contributed by atoms with Crippen molar-refractivity contribution in [3.05, 3.63) is 53.5 Å². The van der Waals surface area contributed by atoms with Crippen LogP contribution in [0.2, 0.25) is 0 Å². The van der Waals surface area contributed by atoms with Gasteiger partial charge in [0.2, 0.25) is 0 Å². The number of nitrogens with one attached hydrogen (secondary N) is 1. The van der Waals surface area contributed by atoms with Gasteiger partial charge in [-0.1, -0.05) is 29.8 Å². The number of rotatable bonds is 4. The van der Waals surface area contributed by atoms with Crippen molar-refractivity contribution in [3.8, 4) is 0 Å². The van der Waals surface area contributed by atoms with Crippen molar-refractivity contribution < 1.29 is 13.2 Å². The number of halogens is 3. The Balaban J connectivity index is 1.52. The molecule has 1 aromatic heterocycles. The van der Waals surface area contributed by atoms with Gasteiger partial charge in [-0.25, -0.2) is 9.97 Å². The van der Waals surface area contributed by atoms with Gasteiger partial charge in [0.05, 0.1) is 0 Å². The van der Waals surface area contributed by atoms with E-state index < -0.39 is 11.9 Å². The molecule has 1 saturated heterocycles. The van der Waals surface area contributed by atoms with Gasteiger partial charge in [0.15, 0.2) is 0 Å². The highest BCUT2D eigenvalue weighted by Crippen LogP contribution is 2.28. The van der Waals surface area contributed by atoms with Crippen molar-refractivity contribution in [1.29, 1.82) is 0 Å². The number of aryl methyl sites for hydroxylation is 1. The molecule has 1 aliphatic heterocycles. The molecule has 2 heterocycles. The Morgan fingerprint density at radius 3 is 2.44 bits per heavy atom. The topological polar surface area (TPSA) is 41.0 Å². The third-order valence-corrected chi connectivity index (χ3v) is 4.42. The quantitative estimate of drug-likeness (QED) is 0.909. The highest BCUT2D eigenvalue weighted by molar-refractivity contribution is 5.37. The van der Waals surface area contributed by atoms with Crippen molar-refractivity contribution in [2.75, 3.05) is 18.4 Å². The summed E-state index contributed by atoms with van der Waals surface area (Å²) in [6.45, 7) is 4.78. The van der Waals surface area contributed by atoms with Gasteiger partial charge >= 0.3 is 6.18 Å². The SMILES string of the molecule is Cc1ccc(CN2CCC(Nc3cc(C(F)(F)F)ncn3)CC2)cc1. The third kappa shape index (κ3) is 4.92. The van der Waals surface area contributed by atoms with E-state index in [0.29, 0.717) is 0 Å². The summed E-state index contributed by atoms with van der Waals surface area (Å²) < 4.78 is 38.1. The lowest BCUT2D eigenvalue weighted by Crippen LogP contribution is -2.38. The van der Waals surface area contributed by atoms with Crippen LogP contribution in [0.1, 0.15) is 29.7 Å². The van der Waals surface area contributed by atoms with E-state index in [4.69, 9.17) is 0 Å². The Bertz CT molecular complexity index is 692. The second-order valence-electron chi connectivity index (χ2n) is 6.47. The van der Waals surface area contributed by atoms with Crippen LogP contribution < -0.4 is 5.32 Å². The van der Waals surface area contributed by atoms with Crippen molar-refractivity contribution in [1.82, 2.24) is 14.9 Å². The molecule has 0 aliphatic carbocycles. The van der Waals surface area contributed by atoms with E-state index in [-0.39, 0.29) is 11.9 Å². The minimum absolute atomic E-state index is 0.130. The summed E-state index contributed by atoms with van der Waals surface area (Å²) in [5.74, 6) is 0.235. The molecule has 0 radical (unpaired) electrons. The van der Waals surface area contributed by atoms with Crippen molar-refractivity contribution >= 4 is 5.82 Å². The first kappa shape index (κ1) is 17.7. The normalized spacial score (nSPS) is 16.8. The summed E-state index contributed by atoms with van der Waals surface area (Å²) in [7, 11) is 0. The molecule has 2 aromatic rings. The van der Waals surface area contributed by atoms with Gasteiger partial charge in [-0.15, -0.1) is 0 Å². The summed E-state index contributed by atoms with van der Waals surface area (Å²) in [4.78, 5) is 9.56. The molecule has 3 rings (SSSR count). The van der Waals surface area contributed by atoms with Crippen LogP contribution in [0.3, 0.4) is 0 Å². The van der Waals surface area contributed by atoms with E-state index in [0.717, 1.165) is 44.9 Å². The van der Waals surface area contributed by atoms with Gasteiger partial charge in [-0.05, 0) is 25.3 Å². The van der Waals surface area contributed by atoms with E-state index in [1.165, 1.54) is 11.1 Å². The third-order valence-electron chi connectivity index (χ3n) is 4.42. The minimum atomic E-state index is -4.45. The molecule has 1 fully saturated rings. The monoisotopic (exact) mass is 350 g/mol. The maximum absolute atomic E-state index is 12.7. The van der Waals surface area contributed by atoms with Gasteiger partial charge in [-0.2, -0.15) is 13.2 Å². The Morgan fingerprint density at radius 1 is 1.12 bits per heavy atom. The molecule has 0 unspecified atom stereocenters. The second-order valence-corrected chi connectivity index (χ2v) is 6.47.